The number of aromatic amines is 1. The molecule has 1 aliphatic heterocycles. The molecule has 3 heterocycles. The van der Waals surface area contributed by atoms with Crippen molar-refractivity contribution in [2.45, 2.75) is 65.2 Å². The molecule has 0 unspecified atom stereocenters. The van der Waals surface area contributed by atoms with E-state index < -0.39 is 40.6 Å². The van der Waals surface area contributed by atoms with Gasteiger partial charge in [0.25, 0.3) is 5.56 Å². The Morgan fingerprint density at radius 1 is 1.19 bits per heavy atom. The van der Waals surface area contributed by atoms with Gasteiger partial charge in [-0.3, -0.25) is 9.59 Å². The third kappa shape index (κ3) is 6.35. The largest absolute Gasteiger partial charge is 0.444 e. The average molecular weight is 551 g/mol. The first-order valence-corrected chi connectivity index (χ1v) is 11.2. The molecule has 0 aromatic carbocycles. The van der Waals surface area contributed by atoms with E-state index in [4.69, 9.17) is 4.74 Å². The highest BCUT2D eigenvalue weighted by atomic mass is 35.5. The minimum atomic E-state index is -4.85. The lowest BCUT2D eigenvalue weighted by molar-refractivity contribution is -0.210. The van der Waals surface area contributed by atoms with E-state index in [-0.39, 0.29) is 29.5 Å². The highest BCUT2D eigenvalue weighted by Gasteiger charge is 2.53. The van der Waals surface area contributed by atoms with Crippen LogP contribution in [0, 0.1) is 5.41 Å². The van der Waals surface area contributed by atoms with Crippen molar-refractivity contribution >= 4 is 35.9 Å². The monoisotopic (exact) mass is 550 g/mol. The molecule has 2 aromatic rings. The van der Waals surface area contributed by atoms with Crippen LogP contribution in [0.2, 0.25) is 0 Å². The van der Waals surface area contributed by atoms with Gasteiger partial charge >= 0.3 is 12.3 Å². The first kappa shape index (κ1) is 29.9. The van der Waals surface area contributed by atoms with Crippen LogP contribution in [0.4, 0.5) is 18.0 Å². The smallest absolute Gasteiger partial charge is 0.410 e. The van der Waals surface area contributed by atoms with Crippen LogP contribution in [0.5, 0.6) is 0 Å². The Hall–Kier alpha value is -3.29. The number of ether oxygens (including phenoxy) is 1. The van der Waals surface area contributed by atoms with Crippen molar-refractivity contribution in [2.24, 2.45) is 10.6 Å². The number of aromatic nitrogens is 3. The zero-order valence-corrected chi connectivity index (χ0v) is 21.8. The molecule has 206 valence electrons. The molecular formula is C22H30ClF3N6O5. The molecule has 0 atom stereocenters. The van der Waals surface area contributed by atoms with Crippen molar-refractivity contribution in [1.82, 2.24) is 24.8 Å². The fourth-order valence-corrected chi connectivity index (χ4v) is 3.70. The van der Waals surface area contributed by atoms with Gasteiger partial charge in [0.2, 0.25) is 5.91 Å². The molecule has 0 radical (unpaired) electrons. The number of oxime groups is 1. The number of hydrogen-bond acceptors (Lipinski definition) is 7. The molecule has 2 aromatic heterocycles. The third-order valence-corrected chi connectivity index (χ3v) is 5.96. The summed E-state index contributed by atoms with van der Waals surface area (Å²) in [7, 11) is 0. The predicted molar refractivity (Wildman–Crippen MR) is 129 cm³/mol. The van der Waals surface area contributed by atoms with Crippen LogP contribution in [0.3, 0.4) is 0 Å². The van der Waals surface area contributed by atoms with Crippen molar-refractivity contribution in [2.75, 3.05) is 13.1 Å². The molecule has 1 fully saturated rings. The van der Waals surface area contributed by atoms with E-state index in [2.05, 4.69) is 15.2 Å². The summed E-state index contributed by atoms with van der Waals surface area (Å²) in [6, 6.07) is 1.35. The van der Waals surface area contributed by atoms with Gasteiger partial charge in [0.1, 0.15) is 16.7 Å². The lowest BCUT2D eigenvalue weighted by Gasteiger charge is -2.33. The molecule has 0 bridgehead atoms. The number of H-pyrrole nitrogens is 1. The highest BCUT2D eigenvalue weighted by Crippen LogP contribution is 2.37. The summed E-state index contributed by atoms with van der Waals surface area (Å²) in [5.74, 6) is -2.22. The van der Waals surface area contributed by atoms with Gasteiger partial charge in [-0.05, 0) is 47.5 Å². The SMILES string of the molecule is CC(C)(C)OC(=O)N1CCC(c2cc(=O)[nH]c3c(/C(=N\O)NC(=O)C(C)(C)C(F)(F)F)cnn23)CC1.Cl. The standard InChI is InChI=1S/C22H29F3N6O5.ClH/c1-20(2,3)36-19(34)30-8-6-12(7-9-30)14-10-15(32)27-17-13(11-26-31(14)17)16(29-35)28-18(33)21(4,5)22(23,24)25;/h10-12,35H,6-9H2,1-5H3,(H,27,32)(H,28,29,33);1H. The van der Waals surface area contributed by atoms with Crippen molar-refractivity contribution in [3.8, 4) is 0 Å². The van der Waals surface area contributed by atoms with Gasteiger partial charge in [0.05, 0.1) is 17.5 Å². The number of hydrogen-bond donors (Lipinski definition) is 3. The number of piperidine rings is 1. The quantitative estimate of drug-likeness (QED) is 0.231. The summed E-state index contributed by atoms with van der Waals surface area (Å²) < 4.78 is 46.5. The van der Waals surface area contributed by atoms with Crippen LogP contribution in [-0.4, -0.2) is 67.4 Å². The number of alkyl halides is 3. The van der Waals surface area contributed by atoms with Crippen LogP contribution in [0.15, 0.2) is 22.2 Å². The van der Waals surface area contributed by atoms with Crippen molar-refractivity contribution in [1.29, 1.82) is 0 Å². The molecule has 1 aliphatic rings. The van der Waals surface area contributed by atoms with E-state index in [9.17, 15) is 32.8 Å². The van der Waals surface area contributed by atoms with E-state index >= 15 is 0 Å². The molecule has 0 spiro atoms. The maximum atomic E-state index is 13.2. The number of likely N-dealkylation sites (tertiary alicyclic amines) is 1. The zero-order chi connectivity index (χ0) is 27.1. The van der Waals surface area contributed by atoms with E-state index in [1.807, 2.05) is 5.32 Å². The van der Waals surface area contributed by atoms with E-state index in [0.717, 1.165) is 0 Å². The molecule has 3 N–H and O–H groups in total. The van der Waals surface area contributed by atoms with Gasteiger partial charge in [0.15, 0.2) is 5.84 Å². The minimum absolute atomic E-state index is 0. The first-order valence-electron chi connectivity index (χ1n) is 11.2. The van der Waals surface area contributed by atoms with Crippen LogP contribution < -0.4 is 10.9 Å². The number of carbonyl (C=O) groups is 2. The molecule has 11 nitrogen and oxygen atoms in total. The van der Waals surface area contributed by atoms with Gasteiger partial charge in [-0.25, -0.2) is 9.31 Å². The fourth-order valence-electron chi connectivity index (χ4n) is 3.70. The number of nitrogens with zero attached hydrogens (tertiary/aromatic N) is 4. The van der Waals surface area contributed by atoms with E-state index in [1.165, 1.54) is 16.8 Å². The summed E-state index contributed by atoms with van der Waals surface area (Å²) in [4.78, 5) is 41.2. The Labute approximate surface area is 216 Å². The van der Waals surface area contributed by atoms with Crippen LogP contribution in [0.25, 0.3) is 5.65 Å². The Bertz CT molecular complexity index is 1240. The Kier molecular flexibility index (Phi) is 8.57. The summed E-state index contributed by atoms with van der Waals surface area (Å²) in [5, 5.41) is 18.5. The second kappa shape index (κ2) is 10.6. The number of carbonyl (C=O) groups excluding carboxylic acids is 2. The number of fused-ring (bicyclic) bond motifs is 1. The topological polar surface area (TPSA) is 141 Å². The number of halogens is 4. The molecule has 3 rings (SSSR count). The summed E-state index contributed by atoms with van der Waals surface area (Å²) in [6.45, 7) is 7.47. The summed E-state index contributed by atoms with van der Waals surface area (Å²) >= 11 is 0. The molecule has 37 heavy (non-hydrogen) atoms. The molecule has 15 heteroatoms. The van der Waals surface area contributed by atoms with Crippen LogP contribution >= 0.6 is 12.4 Å². The molecule has 2 amide bonds. The predicted octanol–water partition coefficient (Wildman–Crippen LogP) is 3.40. The Morgan fingerprint density at radius 3 is 2.30 bits per heavy atom. The molecule has 0 aliphatic carbocycles. The maximum Gasteiger partial charge on any atom is 0.410 e. The molecule has 0 saturated carbocycles. The summed E-state index contributed by atoms with van der Waals surface area (Å²) in [5.41, 5.74) is -3.46. The van der Waals surface area contributed by atoms with Gasteiger partial charge in [-0.2, -0.15) is 18.3 Å². The highest BCUT2D eigenvalue weighted by molar-refractivity contribution is 6.11. The van der Waals surface area contributed by atoms with Crippen LogP contribution in [-0.2, 0) is 9.53 Å². The summed E-state index contributed by atoms with van der Waals surface area (Å²) in [6.07, 6.45) is -3.11. The number of nitrogens with one attached hydrogen (secondary N) is 2. The number of amidine groups is 1. The minimum Gasteiger partial charge on any atom is -0.444 e. The lowest BCUT2D eigenvalue weighted by Crippen LogP contribution is -2.48. The van der Waals surface area contributed by atoms with Crippen molar-refractivity contribution < 1.29 is 32.7 Å². The third-order valence-electron chi connectivity index (χ3n) is 5.96. The normalized spacial score (nSPS) is 15.9. The van der Waals surface area contributed by atoms with Gasteiger partial charge in [-0.1, -0.05) is 5.16 Å². The lowest BCUT2D eigenvalue weighted by atomic mass is 9.91. The number of amides is 2. The second-order valence-electron chi connectivity index (χ2n) is 10.1. The average Bonchev–Trinajstić information content (AvgIpc) is 3.18. The second-order valence-corrected chi connectivity index (χ2v) is 10.1. The number of rotatable bonds is 3. The molecular weight excluding hydrogens is 521 g/mol. The fraction of sp³-hybridized carbons (Fsp3) is 0.591. The molecule has 1 saturated heterocycles. The van der Waals surface area contributed by atoms with E-state index in [1.54, 1.807) is 25.7 Å². The van der Waals surface area contributed by atoms with E-state index in [0.29, 0.717) is 45.5 Å². The van der Waals surface area contributed by atoms with Crippen molar-refractivity contribution in [3.05, 3.63) is 33.9 Å². The van der Waals surface area contributed by atoms with Gasteiger partial charge < -0.3 is 25.1 Å². The first-order chi connectivity index (χ1) is 16.5. The van der Waals surface area contributed by atoms with Gasteiger partial charge in [-0.15, -0.1) is 12.4 Å². The van der Waals surface area contributed by atoms with Gasteiger partial charge in [0, 0.05) is 25.1 Å². The maximum absolute atomic E-state index is 13.2. The Morgan fingerprint density at radius 2 is 1.78 bits per heavy atom. The zero-order valence-electron chi connectivity index (χ0n) is 21.0. The van der Waals surface area contributed by atoms with Crippen molar-refractivity contribution in [3.63, 3.8) is 0 Å². The van der Waals surface area contributed by atoms with Crippen LogP contribution in [0.1, 0.15) is 64.6 Å². The Balaban J connectivity index is 0.00000481.